The minimum atomic E-state index is -4.66. The maximum absolute atomic E-state index is 12.1. The Kier molecular flexibility index (Phi) is 6.84. The Morgan fingerprint density at radius 3 is 1.91 bits per heavy atom. The van der Waals surface area contributed by atoms with Crippen LogP contribution in [0.2, 0.25) is 0 Å². The van der Waals surface area contributed by atoms with E-state index in [-0.39, 0.29) is 32.4 Å². The molecule has 2 aliphatic heterocycles. The molecule has 2 aliphatic rings. The molecule has 0 aromatic heterocycles. The first kappa shape index (κ1) is 24.7. The van der Waals surface area contributed by atoms with Crippen molar-refractivity contribution < 1.29 is 40.7 Å². The molecule has 4 rings (SSSR count). The predicted octanol–water partition coefficient (Wildman–Crippen LogP) is 5.05. The molecule has 174 valence electrons. The SMILES string of the molecule is O=C1NC(=S)c2cccc(CCC(F)(F)F)c21.O=C1c2ccccc2C(=O)N1SC(F)(F)F. The van der Waals surface area contributed by atoms with E-state index < -0.39 is 47.8 Å². The fourth-order valence-corrected chi connectivity index (χ4v) is 3.96. The Bertz CT molecular complexity index is 1110. The maximum Gasteiger partial charge on any atom is 0.462 e. The van der Waals surface area contributed by atoms with Crippen molar-refractivity contribution in [1.29, 1.82) is 0 Å². The number of fused-ring (bicyclic) bond motifs is 2. The summed E-state index contributed by atoms with van der Waals surface area (Å²) in [5.41, 5.74) is -3.47. The summed E-state index contributed by atoms with van der Waals surface area (Å²) in [4.78, 5) is 34.8. The fourth-order valence-electron chi connectivity index (χ4n) is 3.13. The molecule has 3 amide bonds. The van der Waals surface area contributed by atoms with Gasteiger partial charge in [-0.1, -0.05) is 42.5 Å². The van der Waals surface area contributed by atoms with Gasteiger partial charge in [-0.2, -0.15) is 26.3 Å². The molecule has 2 heterocycles. The van der Waals surface area contributed by atoms with Gasteiger partial charge in [0.2, 0.25) is 0 Å². The maximum atomic E-state index is 12.1. The van der Waals surface area contributed by atoms with Gasteiger partial charge in [-0.15, -0.1) is 0 Å². The number of imide groups is 1. The lowest BCUT2D eigenvalue weighted by Crippen LogP contribution is -2.26. The van der Waals surface area contributed by atoms with Gasteiger partial charge in [-0.3, -0.25) is 14.4 Å². The third kappa shape index (κ3) is 5.71. The summed E-state index contributed by atoms with van der Waals surface area (Å²) < 4.78 is 72.8. The molecule has 33 heavy (non-hydrogen) atoms. The molecule has 0 fully saturated rings. The van der Waals surface area contributed by atoms with E-state index in [2.05, 4.69) is 5.32 Å². The molecular formula is C20H12F6N2O3S2. The molecule has 13 heteroatoms. The molecule has 0 aliphatic carbocycles. The van der Waals surface area contributed by atoms with E-state index in [1.54, 1.807) is 12.1 Å². The second-order valence-electron chi connectivity index (χ2n) is 6.73. The van der Waals surface area contributed by atoms with Crippen molar-refractivity contribution in [3.63, 3.8) is 0 Å². The number of carbonyl (C=O) groups is 3. The monoisotopic (exact) mass is 506 g/mol. The van der Waals surface area contributed by atoms with Crippen molar-refractivity contribution >= 4 is 46.9 Å². The Morgan fingerprint density at radius 2 is 1.39 bits per heavy atom. The van der Waals surface area contributed by atoms with Crippen LogP contribution in [0, 0.1) is 0 Å². The Labute approximate surface area is 192 Å². The molecule has 0 saturated carbocycles. The van der Waals surface area contributed by atoms with Crippen molar-refractivity contribution in [3.05, 3.63) is 70.3 Å². The van der Waals surface area contributed by atoms with Gasteiger partial charge in [0.15, 0.2) is 0 Å². The quantitative estimate of drug-likeness (QED) is 0.273. The van der Waals surface area contributed by atoms with Crippen LogP contribution in [0.5, 0.6) is 0 Å². The van der Waals surface area contributed by atoms with E-state index in [4.69, 9.17) is 12.2 Å². The van der Waals surface area contributed by atoms with Gasteiger partial charge in [0.05, 0.1) is 28.6 Å². The lowest BCUT2D eigenvalue weighted by atomic mass is 9.99. The molecule has 5 nitrogen and oxygen atoms in total. The molecule has 0 radical (unpaired) electrons. The zero-order valence-electron chi connectivity index (χ0n) is 16.2. The fraction of sp³-hybridized carbons (Fsp3) is 0.200. The average molecular weight is 506 g/mol. The van der Waals surface area contributed by atoms with E-state index in [9.17, 15) is 40.7 Å². The summed E-state index contributed by atoms with van der Waals surface area (Å²) in [6.45, 7) is 0. The topological polar surface area (TPSA) is 66.5 Å². The largest absolute Gasteiger partial charge is 0.462 e. The number of hydrogen-bond donors (Lipinski definition) is 1. The van der Waals surface area contributed by atoms with Crippen molar-refractivity contribution in [2.24, 2.45) is 0 Å². The molecule has 0 spiro atoms. The molecule has 2 aromatic rings. The Hall–Kier alpha value is -2.93. The zero-order valence-corrected chi connectivity index (χ0v) is 17.8. The lowest BCUT2D eigenvalue weighted by molar-refractivity contribution is -0.134. The predicted molar refractivity (Wildman–Crippen MR) is 111 cm³/mol. The van der Waals surface area contributed by atoms with Crippen molar-refractivity contribution in [1.82, 2.24) is 9.62 Å². The van der Waals surface area contributed by atoms with Crippen LogP contribution in [0.3, 0.4) is 0 Å². The summed E-state index contributed by atoms with van der Waals surface area (Å²) in [6.07, 6.45) is -5.37. The van der Waals surface area contributed by atoms with Crippen LogP contribution in [0.25, 0.3) is 0 Å². The molecule has 2 aromatic carbocycles. The highest BCUT2D eigenvalue weighted by atomic mass is 32.2. The van der Waals surface area contributed by atoms with Gasteiger partial charge in [0.1, 0.15) is 4.99 Å². The van der Waals surface area contributed by atoms with Crippen LogP contribution in [-0.4, -0.2) is 38.7 Å². The first-order chi connectivity index (χ1) is 15.3. The zero-order chi connectivity index (χ0) is 24.6. The number of rotatable bonds is 3. The minimum absolute atomic E-state index is 0.00394. The van der Waals surface area contributed by atoms with Crippen LogP contribution in [0.4, 0.5) is 26.3 Å². The summed E-state index contributed by atoms with van der Waals surface area (Å²) in [5.74, 6) is -2.27. The normalized spacial score (nSPS) is 15.2. The van der Waals surface area contributed by atoms with Gasteiger partial charge in [-0.05, 0) is 24.1 Å². The van der Waals surface area contributed by atoms with Crippen molar-refractivity contribution in [3.8, 4) is 0 Å². The lowest BCUT2D eigenvalue weighted by Gasteiger charge is -2.13. The average Bonchev–Trinajstić information content (AvgIpc) is 3.14. The van der Waals surface area contributed by atoms with Gasteiger partial charge in [0.25, 0.3) is 17.7 Å². The van der Waals surface area contributed by atoms with E-state index in [1.165, 1.54) is 30.3 Å². The van der Waals surface area contributed by atoms with Crippen LogP contribution in [0.1, 0.15) is 48.6 Å². The highest BCUT2D eigenvalue weighted by Gasteiger charge is 2.44. The molecule has 0 saturated heterocycles. The molecule has 0 unspecified atom stereocenters. The number of carbonyl (C=O) groups excluding carboxylic acids is 3. The second-order valence-corrected chi connectivity index (χ2v) is 8.14. The summed E-state index contributed by atoms with van der Waals surface area (Å²) in [6, 6.07) is 10.4. The highest BCUT2D eigenvalue weighted by Crippen LogP contribution is 2.38. The molecular weight excluding hydrogens is 494 g/mol. The Balaban J connectivity index is 0.000000186. The van der Waals surface area contributed by atoms with Crippen molar-refractivity contribution in [2.75, 3.05) is 0 Å². The van der Waals surface area contributed by atoms with E-state index in [0.29, 0.717) is 11.1 Å². The highest BCUT2D eigenvalue weighted by molar-refractivity contribution is 7.99. The van der Waals surface area contributed by atoms with Crippen molar-refractivity contribution in [2.45, 2.75) is 24.5 Å². The first-order valence-corrected chi connectivity index (χ1v) is 10.2. The first-order valence-electron chi connectivity index (χ1n) is 9.06. The van der Waals surface area contributed by atoms with Gasteiger partial charge < -0.3 is 5.32 Å². The standard InChI is InChI=1S/C11H8F3NOS.C9H4F3NO2S/c12-11(13,14)5-4-6-2-1-3-7-8(6)9(16)15-10(7)17;10-9(11,12)16-13-7(14)5-3-1-2-4-6(5)8(13)15/h1-3H,4-5H2,(H,15,16,17);1-4H. The summed E-state index contributed by atoms with van der Waals surface area (Å²) >= 11 is 4.19. The summed E-state index contributed by atoms with van der Waals surface area (Å²) in [5, 5.41) is 2.43. The van der Waals surface area contributed by atoms with Crippen LogP contribution in [0.15, 0.2) is 42.5 Å². The molecule has 0 bridgehead atoms. The van der Waals surface area contributed by atoms with E-state index in [0.717, 1.165) is 0 Å². The third-order valence-corrected chi connectivity index (χ3v) is 5.52. The molecule has 1 N–H and O–H groups in total. The number of halogens is 6. The number of alkyl halides is 6. The number of nitrogens with zero attached hydrogens (tertiary/aromatic N) is 1. The second kappa shape index (κ2) is 9.14. The summed E-state index contributed by atoms with van der Waals surface area (Å²) in [7, 11) is 0. The number of benzene rings is 2. The van der Waals surface area contributed by atoms with E-state index in [1.807, 2.05) is 0 Å². The number of thiocarbonyl (C=S) groups is 1. The Morgan fingerprint density at radius 1 is 0.848 bits per heavy atom. The number of amides is 3. The van der Waals surface area contributed by atoms with Crippen LogP contribution < -0.4 is 5.32 Å². The van der Waals surface area contributed by atoms with Crippen LogP contribution >= 0.6 is 24.2 Å². The molecule has 0 atom stereocenters. The smallest absolute Gasteiger partial charge is 0.312 e. The van der Waals surface area contributed by atoms with Gasteiger partial charge in [-0.25, -0.2) is 4.31 Å². The number of aryl methyl sites for hydroxylation is 1. The van der Waals surface area contributed by atoms with E-state index >= 15 is 0 Å². The van der Waals surface area contributed by atoms with Gasteiger partial charge in [0, 0.05) is 12.0 Å². The van der Waals surface area contributed by atoms with Crippen LogP contribution in [-0.2, 0) is 6.42 Å². The minimum Gasteiger partial charge on any atom is -0.312 e. The number of nitrogens with one attached hydrogen (secondary N) is 1. The number of hydrogen-bond acceptors (Lipinski definition) is 5. The van der Waals surface area contributed by atoms with Gasteiger partial charge >= 0.3 is 11.7 Å². The third-order valence-electron chi connectivity index (χ3n) is 4.48.